The number of benzene rings is 1. The fourth-order valence-corrected chi connectivity index (χ4v) is 4.34. The van der Waals surface area contributed by atoms with Crippen LogP contribution in [0.5, 0.6) is 0 Å². The first-order chi connectivity index (χ1) is 9.48. The van der Waals surface area contributed by atoms with Crippen LogP contribution in [0.25, 0.3) is 0 Å². The van der Waals surface area contributed by atoms with Crippen molar-refractivity contribution in [1.29, 1.82) is 0 Å². The molecule has 0 aromatic heterocycles. The van der Waals surface area contributed by atoms with Gasteiger partial charge in [0.1, 0.15) is 6.04 Å². The van der Waals surface area contributed by atoms with Gasteiger partial charge in [0.2, 0.25) is 5.91 Å². The molecule has 108 valence electrons. The SMILES string of the molecule is CN(Cc1ccccc1)S(=O)(=O)N1C[C@@H]2C[C@H]1C(=O)N2. The van der Waals surface area contributed by atoms with E-state index in [2.05, 4.69) is 5.32 Å². The molecule has 7 heteroatoms. The molecule has 0 unspecified atom stereocenters. The molecule has 2 fully saturated rings. The van der Waals surface area contributed by atoms with Crippen LogP contribution in [0, 0.1) is 0 Å². The minimum absolute atomic E-state index is 0.0348. The second-order valence-corrected chi connectivity index (χ2v) is 7.26. The average Bonchev–Trinajstić information content (AvgIpc) is 2.99. The molecule has 1 aromatic rings. The average molecular weight is 295 g/mol. The van der Waals surface area contributed by atoms with Crippen LogP contribution >= 0.6 is 0 Å². The third-order valence-electron chi connectivity index (χ3n) is 3.84. The molecule has 1 aromatic carbocycles. The fourth-order valence-electron chi connectivity index (χ4n) is 2.80. The van der Waals surface area contributed by atoms with E-state index in [1.807, 2.05) is 30.3 Å². The van der Waals surface area contributed by atoms with Crippen LogP contribution in [0.4, 0.5) is 0 Å². The molecule has 0 saturated carbocycles. The summed E-state index contributed by atoms with van der Waals surface area (Å²) in [6, 6.07) is 8.84. The zero-order valence-corrected chi connectivity index (χ0v) is 12.0. The van der Waals surface area contributed by atoms with Crippen LogP contribution in [0.15, 0.2) is 30.3 Å². The van der Waals surface area contributed by atoms with Gasteiger partial charge in [-0.15, -0.1) is 0 Å². The Morgan fingerprint density at radius 2 is 2.05 bits per heavy atom. The monoisotopic (exact) mass is 295 g/mol. The summed E-state index contributed by atoms with van der Waals surface area (Å²) < 4.78 is 27.7. The first kappa shape index (κ1) is 13.5. The van der Waals surface area contributed by atoms with E-state index in [0.717, 1.165) is 5.56 Å². The van der Waals surface area contributed by atoms with Gasteiger partial charge in [-0.05, 0) is 12.0 Å². The molecule has 0 aliphatic carbocycles. The molecule has 0 radical (unpaired) electrons. The standard InChI is InChI=1S/C13H17N3O3S/c1-15(8-10-5-3-2-4-6-10)20(18,19)16-9-11-7-12(16)13(17)14-11/h2-6,11-12H,7-9H2,1H3,(H,14,17)/t11-,12-/m0/s1. The number of hydrogen-bond donors (Lipinski definition) is 1. The fraction of sp³-hybridized carbons (Fsp3) is 0.462. The van der Waals surface area contributed by atoms with Crippen molar-refractivity contribution in [2.45, 2.75) is 25.0 Å². The summed E-state index contributed by atoms with van der Waals surface area (Å²) in [5, 5.41) is 2.78. The number of carbonyl (C=O) groups is 1. The Balaban J connectivity index is 1.77. The lowest BCUT2D eigenvalue weighted by Gasteiger charge is -2.30. The normalized spacial score (nSPS) is 26.2. The van der Waals surface area contributed by atoms with Crippen molar-refractivity contribution in [2.75, 3.05) is 13.6 Å². The molecule has 3 rings (SSSR count). The van der Waals surface area contributed by atoms with E-state index in [0.29, 0.717) is 19.5 Å². The van der Waals surface area contributed by atoms with Gasteiger partial charge in [-0.25, -0.2) is 0 Å². The van der Waals surface area contributed by atoms with E-state index in [4.69, 9.17) is 0 Å². The third kappa shape index (κ3) is 2.21. The molecular weight excluding hydrogens is 278 g/mol. The topological polar surface area (TPSA) is 69.7 Å². The summed E-state index contributed by atoms with van der Waals surface area (Å²) in [6.07, 6.45) is 0.581. The zero-order valence-electron chi connectivity index (χ0n) is 11.2. The highest BCUT2D eigenvalue weighted by molar-refractivity contribution is 7.86. The number of nitrogens with zero attached hydrogens (tertiary/aromatic N) is 2. The number of amides is 1. The lowest BCUT2D eigenvalue weighted by molar-refractivity contribution is -0.123. The maximum Gasteiger partial charge on any atom is 0.282 e. The summed E-state index contributed by atoms with van der Waals surface area (Å²) in [4.78, 5) is 11.6. The number of fused-ring (bicyclic) bond motifs is 2. The Bertz CT molecular complexity index is 617. The predicted octanol–water partition coefficient (Wildman–Crippen LogP) is -0.0641. The molecule has 0 spiro atoms. The quantitative estimate of drug-likeness (QED) is 0.846. The summed E-state index contributed by atoms with van der Waals surface area (Å²) in [6.45, 7) is 0.677. The van der Waals surface area contributed by atoms with Crippen molar-refractivity contribution in [1.82, 2.24) is 13.9 Å². The van der Waals surface area contributed by atoms with Gasteiger partial charge in [-0.1, -0.05) is 30.3 Å². The van der Waals surface area contributed by atoms with Gasteiger partial charge in [0, 0.05) is 26.2 Å². The van der Waals surface area contributed by atoms with Gasteiger partial charge < -0.3 is 5.32 Å². The minimum atomic E-state index is -3.59. The van der Waals surface area contributed by atoms with Crippen molar-refractivity contribution in [3.8, 4) is 0 Å². The lowest BCUT2D eigenvalue weighted by Crippen LogP contribution is -2.53. The van der Waals surface area contributed by atoms with Crippen molar-refractivity contribution >= 4 is 16.1 Å². The number of hydrogen-bond acceptors (Lipinski definition) is 3. The van der Waals surface area contributed by atoms with Crippen LogP contribution in [0.2, 0.25) is 0 Å². The highest BCUT2D eigenvalue weighted by atomic mass is 32.2. The Labute approximate surface area is 118 Å². The van der Waals surface area contributed by atoms with E-state index in [1.54, 1.807) is 7.05 Å². The van der Waals surface area contributed by atoms with Crippen LogP contribution in [0.3, 0.4) is 0 Å². The molecule has 6 nitrogen and oxygen atoms in total. The lowest BCUT2D eigenvalue weighted by atomic mass is 10.2. The van der Waals surface area contributed by atoms with Crippen LogP contribution in [-0.2, 0) is 21.5 Å². The Hall–Kier alpha value is -1.44. The molecular formula is C13H17N3O3S. The van der Waals surface area contributed by atoms with Crippen molar-refractivity contribution in [3.05, 3.63) is 35.9 Å². The third-order valence-corrected chi connectivity index (χ3v) is 5.76. The molecule has 20 heavy (non-hydrogen) atoms. The minimum Gasteiger partial charge on any atom is -0.351 e. The second-order valence-electron chi connectivity index (χ2n) is 5.28. The molecule has 2 heterocycles. The van der Waals surface area contributed by atoms with E-state index in [1.165, 1.54) is 8.61 Å². The summed E-state index contributed by atoms with van der Waals surface area (Å²) in [5.74, 6) is -0.182. The van der Waals surface area contributed by atoms with E-state index in [-0.39, 0.29) is 11.9 Å². The Morgan fingerprint density at radius 3 is 2.65 bits per heavy atom. The van der Waals surface area contributed by atoms with E-state index >= 15 is 0 Å². The first-order valence-corrected chi connectivity index (χ1v) is 7.95. The first-order valence-electron chi connectivity index (χ1n) is 6.56. The van der Waals surface area contributed by atoms with Crippen LogP contribution < -0.4 is 5.32 Å². The van der Waals surface area contributed by atoms with Crippen molar-refractivity contribution < 1.29 is 13.2 Å². The van der Waals surface area contributed by atoms with Crippen molar-refractivity contribution in [3.63, 3.8) is 0 Å². The second kappa shape index (κ2) is 4.83. The molecule has 2 saturated heterocycles. The number of piperazine rings is 1. The van der Waals surface area contributed by atoms with Gasteiger partial charge in [0.15, 0.2) is 0 Å². The van der Waals surface area contributed by atoms with E-state index in [9.17, 15) is 13.2 Å². The molecule has 2 aliphatic heterocycles. The van der Waals surface area contributed by atoms with Crippen LogP contribution in [0.1, 0.15) is 12.0 Å². The van der Waals surface area contributed by atoms with Gasteiger partial charge in [0.05, 0.1) is 0 Å². The molecule has 1 amide bonds. The predicted molar refractivity (Wildman–Crippen MR) is 73.9 cm³/mol. The van der Waals surface area contributed by atoms with Gasteiger partial charge in [-0.2, -0.15) is 17.0 Å². The largest absolute Gasteiger partial charge is 0.351 e. The smallest absolute Gasteiger partial charge is 0.282 e. The molecule has 2 bridgehead atoms. The molecule has 2 atom stereocenters. The van der Waals surface area contributed by atoms with Gasteiger partial charge >= 0.3 is 0 Å². The summed E-state index contributed by atoms with van der Waals surface area (Å²) in [7, 11) is -2.05. The Kier molecular flexibility index (Phi) is 3.27. The molecule has 1 N–H and O–H groups in total. The van der Waals surface area contributed by atoms with E-state index < -0.39 is 16.3 Å². The number of rotatable bonds is 4. The van der Waals surface area contributed by atoms with Gasteiger partial charge in [0.25, 0.3) is 10.2 Å². The molecule has 2 aliphatic rings. The zero-order chi connectivity index (χ0) is 14.3. The highest BCUT2D eigenvalue weighted by Gasteiger charge is 2.50. The number of carbonyl (C=O) groups excluding carboxylic acids is 1. The summed E-state index contributed by atoms with van der Waals surface area (Å²) in [5.41, 5.74) is 0.924. The van der Waals surface area contributed by atoms with Crippen molar-refractivity contribution in [2.24, 2.45) is 0 Å². The van der Waals surface area contributed by atoms with Gasteiger partial charge in [-0.3, -0.25) is 4.79 Å². The maximum atomic E-state index is 12.5. The number of nitrogens with one attached hydrogen (secondary N) is 1. The Morgan fingerprint density at radius 1 is 1.35 bits per heavy atom. The highest BCUT2D eigenvalue weighted by Crippen LogP contribution is 2.28. The van der Waals surface area contributed by atoms with Crippen LogP contribution in [-0.4, -0.2) is 48.6 Å². The maximum absolute atomic E-state index is 12.5. The summed E-state index contributed by atoms with van der Waals surface area (Å²) >= 11 is 0.